The Hall–Kier alpha value is -2.06. The molecule has 0 aliphatic carbocycles. The van der Waals surface area contributed by atoms with Crippen molar-refractivity contribution in [3.8, 4) is 0 Å². The first kappa shape index (κ1) is 17.3. The fourth-order valence-corrected chi connectivity index (χ4v) is 3.41. The average Bonchev–Trinajstić information content (AvgIpc) is 2.99. The smallest absolute Gasteiger partial charge is 0.240 e. The molecule has 1 aromatic carbocycles. The van der Waals surface area contributed by atoms with Crippen LogP contribution in [0.4, 0.5) is 0 Å². The van der Waals surface area contributed by atoms with Crippen LogP contribution in [0.3, 0.4) is 0 Å². The molecule has 1 aromatic heterocycles. The van der Waals surface area contributed by atoms with Gasteiger partial charge in [0.1, 0.15) is 0 Å². The number of carbonyl (C=O) groups excluding carboxylic acids is 1. The summed E-state index contributed by atoms with van der Waals surface area (Å²) in [4.78, 5) is 12.8. The minimum absolute atomic E-state index is 0.0623. The maximum atomic E-state index is 12.5. The van der Waals surface area contributed by atoms with E-state index in [4.69, 9.17) is 0 Å². The molecule has 8 heteroatoms. The van der Waals surface area contributed by atoms with Crippen molar-refractivity contribution in [3.63, 3.8) is 0 Å². The predicted molar refractivity (Wildman–Crippen MR) is 85.4 cm³/mol. The number of hydrogen-bond acceptors (Lipinski definition) is 5. The number of sulfonamides is 1. The summed E-state index contributed by atoms with van der Waals surface area (Å²) in [5, 5.41) is 8.01. The van der Waals surface area contributed by atoms with E-state index in [9.17, 15) is 13.2 Å². The number of nitrogens with zero attached hydrogens (tertiary/aromatic N) is 3. The molecule has 0 radical (unpaired) electrons. The van der Waals surface area contributed by atoms with Crippen molar-refractivity contribution in [1.29, 1.82) is 0 Å². The van der Waals surface area contributed by atoms with Crippen molar-refractivity contribution in [1.82, 2.24) is 19.7 Å². The summed E-state index contributed by atoms with van der Waals surface area (Å²) in [6, 6.07) is 5.54. The van der Waals surface area contributed by atoms with Gasteiger partial charge in [0.15, 0.2) is 5.78 Å². The molecule has 1 N–H and O–H groups in total. The zero-order chi connectivity index (χ0) is 17.0. The van der Waals surface area contributed by atoms with Gasteiger partial charge in [-0.2, -0.15) is 15.0 Å². The van der Waals surface area contributed by atoms with E-state index in [1.54, 1.807) is 12.4 Å². The Morgan fingerprint density at radius 2 is 1.74 bits per heavy atom. The van der Waals surface area contributed by atoms with Gasteiger partial charge in [-0.1, -0.05) is 26.0 Å². The van der Waals surface area contributed by atoms with Crippen LogP contribution < -0.4 is 4.72 Å². The van der Waals surface area contributed by atoms with Crippen molar-refractivity contribution in [3.05, 3.63) is 42.2 Å². The van der Waals surface area contributed by atoms with Crippen LogP contribution in [0.5, 0.6) is 0 Å². The van der Waals surface area contributed by atoms with Gasteiger partial charge in [0, 0.05) is 11.6 Å². The Bertz CT molecular complexity index is 753. The van der Waals surface area contributed by atoms with Crippen molar-refractivity contribution in [2.75, 3.05) is 0 Å². The minimum Gasteiger partial charge on any atom is -0.295 e. The normalized spacial score (nSPS) is 13.2. The lowest BCUT2D eigenvalue weighted by Crippen LogP contribution is -2.41. The summed E-state index contributed by atoms with van der Waals surface area (Å²) in [5.41, 5.74) is 0.477. The van der Waals surface area contributed by atoms with Crippen LogP contribution in [0, 0.1) is 5.92 Å². The molecular formula is C15H20N4O3S. The van der Waals surface area contributed by atoms with Crippen LogP contribution >= 0.6 is 0 Å². The Balaban J connectivity index is 2.18. The zero-order valence-electron chi connectivity index (χ0n) is 13.3. The fourth-order valence-electron chi connectivity index (χ4n) is 2.03. The number of carbonyl (C=O) groups is 1. The van der Waals surface area contributed by atoms with E-state index in [0.29, 0.717) is 12.1 Å². The summed E-state index contributed by atoms with van der Waals surface area (Å²) in [5.74, 6) is -0.0426. The Kier molecular flexibility index (Phi) is 5.27. The van der Waals surface area contributed by atoms with Crippen LogP contribution in [0.15, 0.2) is 41.6 Å². The third kappa shape index (κ3) is 4.46. The predicted octanol–water partition coefficient (Wildman–Crippen LogP) is 1.48. The third-order valence-corrected chi connectivity index (χ3v) is 5.01. The first-order valence-electron chi connectivity index (χ1n) is 7.27. The number of rotatable bonds is 7. The average molecular weight is 336 g/mol. The van der Waals surface area contributed by atoms with Gasteiger partial charge in [0.2, 0.25) is 10.0 Å². The topological polar surface area (TPSA) is 94.0 Å². The molecule has 1 atom stereocenters. The van der Waals surface area contributed by atoms with E-state index in [0.717, 1.165) is 0 Å². The number of aromatic nitrogens is 3. The van der Waals surface area contributed by atoms with Gasteiger partial charge in [0.25, 0.3) is 0 Å². The van der Waals surface area contributed by atoms with Crippen molar-refractivity contribution >= 4 is 15.8 Å². The molecule has 0 spiro atoms. The second kappa shape index (κ2) is 7.01. The highest BCUT2D eigenvalue weighted by molar-refractivity contribution is 7.89. The van der Waals surface area contributed by atoms with Gasteiger partial charge in [0.05, 0.1) is 23.8 Å². The first-order valence-corrected chi connectivity index (χ1v) is 8.75. The van der Waals surface area contributed by atoms with Crippen LogP contribution in [0.2, 0.25) is 0 Å². The van der Waals surface area contributed by atoms with E-state index in [2.05, 4.69) is 14.9 Å². The van der Waals surface area contributed by atoms with Gasteiger partial charge < -0.3 is 0 Å². The standard InChI is InChI=1S/C15H20N4O3S/c1-11(2)15(10-19-16-8-9-17-19)18-23(21,22)14-6-4-13(5-7-14)12(3)20/h4-9,11,15,18H,10H2,1-3H3/t15-/m0/s1. The molecule has 7 nitrogen and oxygen atoms in total. The van der Waals surface area contributed by atoms with E-state index in [1.165, 1.54) is 36.0 Å². The molecule has 23 heavy (non-hydrogen) atoms. The molecular weight excluding hydrogens is 316 g/mol. The third-order valence-electron chi connectivity index (χ3n) is 3.51. The molecule has 0 bridgehead atoms. The lowest BCUT2D eigenvalue weighted by atomic mass is 10.1. The van der Waals surface area contributed by atoms with Gasteiger partial charge in [-0.3, -0.25) is 4.79 Å². The first-order chi connectivity index (χ1) is 10.8. The number of nitrogens with one attached hydrogen (secondary N) is 1. The van der Waals surface area contributed by atoms with E-state index in [1.807, 2.05) is 13.8 Å². The van der Waals surface area contributed by atoms with Crippen LogP contribution in [-0.2, 0) is 16.6 Å². The Labute approximate surface area is 135 Å². The van der Waals surface area contributed by atoms with Gasteiger partial charge in [-0.25, -0.2) is 13.1 Å². The summed E-state index contributed by atoms with van der Waals surface area (Å²) >= 11 is 0. The maximum absolute atomic E-state index is 12.5. The molecule has 0 saturated carbocycles. The molecule has 0 aliphatic heterocycles. The van der Waals surface area contributed by atoms with Crippen LogP contribution in [0.25, 0.3) is 0 Å². The summed E-state index contributed by atoms with van der Waals surface area (Å²) < 4.78 is 27.7. The highest BCUT2D eigenvalue weighted by Gasteiger charge is 2.23. The SMILES string of the molecule is CC(=O)c1ccc(S(=O)(=O)N[C@@H](Cn2nccn2)C(C)C)cc1. The summed E-state index contributed by atoms with van der Waals surface area (Å²) in [7, 11) is -3.68. The van der Waals surface area contributed by atoms with Gasteiger partial charge in [-0.15, -0.1) is 0 Å². The molecule has 2 aromatic rings. The highest BCUT2D eigenvalue weighted by Crippen LogP contribution is 2.14. The molecule has 2 rings (SSSR count). The van der Waals surface area contributed by atoms with E-state index < -0.39 is 10.0 Å². The molecule has 0 unspecified atom stereocenters. The molecule has 124 valence electrons. The Morgan fingerprint density at radius 1 is 1.17 bits per heavy atom. The maximum Gasteiger partial charge on any atom is 0.240 e. The van der Waals surface area contributed by atoms with E-state index in [-0.39, 0.29) is 22.6 Å². The van der Waals surface area contributed by atoms with E-state index >= 15 is 0 Å². The minimum atomic E-state index is -3.68. The van der Waals surface area contributed by atoms with Crippen molar-refractivity contribution in [2.45, 2.75) is 38.3 Å². The number of ketones is 1. The quantitative estimate of drug-likeness (QED) is 0.773. The molecule has 0 aliphatic rings. The monoisotopic (exact) mass is 336 g/mol. The summed E-state index contributed by atoms with van der Waals surface area (Å²) in [6.45, 7) is 5.63. The zero-order valence-corrected chi connectivity index (χ0v) is 14.1. The van der Waals surface area contributed by atoms with Crippen LogP contribution in [-0.4, -0.2) is 35.2 Å². The van der Waals surface area contributed by atoms with Crippen LogP contribution in [0.1, 0.15) is 31.1 Å². The lowest BCUT2D eigenvalue weighted by molar-refractivity contribution is 0.101. The lowest BCUT2D eigenvalue weighted by Gasteiger charge is -2.21. The van der Waals surface area contributed by atoms with Gasteiger partial charge >= 0.3 is 0 Å². The molecule has 0 fully saturated rings. The fraction of sp³-hybridized carbons (Fsp3) is 0.400. The highest BCUT2D eigenvalue weighted by atomic mass is 32.2. The number of Topliss-reactive ketones (excluding diaryl/α,β-unsaturated/α-hetero) is 1. The molecule has 0 amide bonds. The molecule has 1 heterocycles. The number of benzene rings is 1. The second-order valence-corrected chi connectivity index (χ2v) is 7.35. The van der Waals surface area contributed by atoms with Crippen molar-refractivity contribution < 1.29 is 13.2 Å². The largest absolute Gasteiger partial charge is 0.295 e. The van der Waals surface area contributed by atoms with Crippen molar-refractivity contribution in [2.24, 2.45) is 5.92 Å². The summed E-state index contributed by atoms with van der Waals surface area (Å²) in [6.07, 6.45) is 3.10. The number of hydrogen-bond donors (Lipinski definition) is 1. The molecule has 0 saturated heterocycles. The Morgan fingerprint density at radius 3 is 2.22 bits per heavy atom. The van der Waals surface area contributed by atoms with Gasteiger partial charge in [-0.05, 0) is 25.0 Å². The second-order valence-electron chi connectivity index (χ2n) is 5.64.